The zero-order valence-corrected chi connectivity index (χ0v) is 10.5. The summed E-state index contributed by atoms with van der Waals surface area (Å²) in [6.45, 7) is -0.267. The number of rotatable bonds is 4. The fourth-order valence-corrected chi connectivity index (χ4v) is 1.78. The van der Waals surface area contributed by atoms with Crippen LogP contribution in [0.2, 0.25) is 5.02 Å². The lowest BCUT2D eigenvalue weighted by atomic mass is 10.2. The summed E-state index contributed by atoms with van der Waals surface area (Å²) < 4.78 is 5.49. The summed E-state index contributed by atoms with van der Waals surface area (Å²) in [6.07, 6.45) is 0. The molecule has 2 rings (SSSR count). The number of aliphatic hydroxyl groups is 1. The van der Waals surface area contributed by atoms with Crippen LogP contribution < -0.4 is 4.74 Å². The van der Waals surface area contributed by atoms with E-state index in [1.807, 2.05) is 0 Å². The van der Waals surface area contributed by atoms with Crippen LogP contribution in [-0.2, 0) is 6.61 Å². The number of nitro benzene ring substituents is 1. The predicted octanol–water partition coefficient (Wildman–Crippen LogP) is 3.53. The first-order valence-corrected chi connectivity index (χ1v) is 5.80. The number of halogens is 1. The highest BCUT2D eigenvalue weighted by molar-refractivity contribution is 6.30. The van der Waals surface area contributed by atoms with Crippen LogP contribution >= 0.6 is 11.6 Å². The molecule has 0 saturated carbocycles. The Morgan fingerprint density at radius 3 is 2.63 bits per heavy atom. The van der Waals surface area contributed by atoms with Crippen LogP contribution in [-0.4, -0.2) is 10.0 Å². The lowest BCUT2D eigenvalue weighted by Crippen LogP contribution is -1.95. The second kappa shape index (κ2) is 5.69. The zero-order chi connectivity index (χ0) is 13.8. The third kappa shape index (κ3) is 3.01. The Morgan fingerprint density at radius 2 is 1.95 bits per heavy atom. The molecule has 0 spiro atoms. The minimum atomic E-state index is -0.524. The van der Waals surface area contributed by atoms with Gasteiger partial charge in [-0.1, -0.05) is 23.7 Å². The average Bonchev–Trinajstić information content (AvgIpc) is 2.41. The predicted molar refractivity (Wildman–Crippen MR) is 70.5 cm³/mol. The molecule has 2 aromatic rings. The second-order valence-electron chi connectivity index (χ2n) is 3.74. The summed E-state index contributed by atoms with van der Waals surface area (Å²) in [5, 5.41) is 20.6. The molecule has 0 aliphatic carbocycles. The molecule has 2 aromatic carbocycles. The van der Waals surface area contributed by atoms with Gasteiger partial charge >= 0.3 is 5.69 Å². The molecule has 6 heteroatoms. The Morgan fingerprint density at radius 1 is 1.21 bits per heavy atom. The molecular weight excluding hydrogens is 270 g/mol. The molecule has 0 aromatic heterocycles. The van der Waals surface area contributed by atoms with Crippen LogP contribution in [0.15, 0.2) is 42.5 Å². The van der Waals surface area contributed by atoms with Crippen molar-refractivity contribution in [2.75, 3.05) is 0 Å². The molecule has 0 bridgehead atoms. The molecule has 0 amide bonds. The van der Waals surface area contributed by atoms with E-state index in [-0.39, 0.29) is 18.0 Å². The van der Waals surface area contributed by atoms with Gasteiger partial charge in [-0.15, -0.1) is 0 Å². The van der Waals surface area contributed by atoms with Gasteiger partial charge in [0, 0.05) is 16.7 Å². The van der Waals surface area contributed by atoms with Gasteiger partial charge in [0.05, 0.1) is 11.5 Å². The van der Waals surface area contributed by atoms with Crippen molar-refractivity contribution in [1.29, 1.82) is 0 Å². The van der Waals surface area contributed by atoms with E-state index in [1.165, 1.54) is 12.1 Å². The first-order chi connectivity index (χ1) is 9.11. The Bertz CT molecular complexity index is 615. The average molecular weight is 280 g/mol. The Labute approximate surface area is 114 Å². The SMILES string of the molecule is O=[N+]([O-])c1ccccc1Oc1ccc(Cl)cc1CO. The van der Waals surface area contributed by atoms with Crippen molar-refractivity contribution in [1.82, 2.24) is 0 Å². The molecule has 0 heterocycles. The van der Waals surface area contributed by atoms with Gasteiger partial charge in [-0.2, -0.15) is 0 Å². The van der Waals surface area contributed by atoms with Crippen LogP contribution in [0.4, 0.5) is 5.69 Å². The minimum absolute atomic E-state index is 0.115. The number of para-hydroxylation sites is 2. The van der Waals surface area contributed by atoms with Crippen LogP contribution in [0.5, 0.6) is 11.5 Å². The number of nitro groups is 1. The topological polar surface area (TPSA) is 72.6 Å². The summed E-state index contributed by atoms with van der Waals surface area (Å²) in [5.41, 5.74) is 0.326. The third-order valence-electron chi connectivity index (χ3n) is 2.47. The summed E-state index contributed by atoms with van der Waals surface area (Å²) in [5.74, 6) is 0.450. The Hall–Kier alpha value is -2.11. The first-order valence-electron chi connectivity index (χ1n) is 5.42. The van der Waals surface area contributed by atoms with Gasteiger partial charge in [0.15, 0.2) is 0 Å². The van der Waals surface area contributed by atoms with Crippen LogP contribution in [0.1, 0.15) is 5.56 Å². The maximum atomic E-state index is 10.9. The van der Waals surface area contributed by atoms with Crippen molar-refractivity contribution >= 4 is 17.3 Å². The molecule has 98 valence electrons. The number of hydrogen-bond acceptors (Lipinski definition) is 4. The van der Waals surface area contributed by atoms with E-state index in [9.17, 15) is 15.2 Å². The van der Waals surface area contributed by atoms with Crippen molar-refractivity contribution in [2.24, 2.45) is 0 Å². The highest BCUT2D eigenvalue weighted by Gasteiger charge is 2.15. The molecule has 1 N–H and O–H groups in total. The molecule has 0 unspecified atom stereocenters. The van der Waals surface area contributed by atoms with Crippen LogP contribution in [0, 0.1) is 10.1 Å². The molecular formula is C13H10ClNO4. The molecule has 0 fully saturated rings. The molecule has 0 saturated heterocycles. The van der Waals surface area contributed by atoms with E-state index < -0.39 is 4.92 Å². The van der Waals surface area contributed by atoms with E-state index in [0.717, 1.165) is 0 Å². The van der Waals surface area contributed by atoms with Crippen molar-refractivity contribution in [2.45, 2.75) is 6.61 Å². The molecule has 0 atom stereocenters. The van der Waals surface area contributed by atoms with Gasteiger partial charge < -0.3 is 9.84 Å². The van der Waals surface area contributed by atoms with E-state index in [2.05, 4.69) is 0 Å². The maximum absolute atomic E-state index is 10.9. The highest BCUT2D eigenvalue weighted by Crippen LogP contribution is 2.33. The Balaban J connectivity index is 2.39. The van der Waals surface area contributed by atoms with Gasteiger partial charge in [-0.3, -0.25) is 10.1 Å². The van der Waals surface area contributed by atoms with Gasteiger partial charge in [-0.05, 0) is 24.3 Å². The fraction of sp³-hybridized carbons (Fsp3) is 0.0769. The number of hydrogen-bond donors (Lipinski definition) is 1. The highest BCUT2D eigenvalue weighted by atomic mass is 35.5. The van der Waals surface area contributed by atoms with Crippen molar-refractivity contribution < 1.29 is 14.8 Å². The number of aliphatic hydroxyl groups excluding tert-OH is 1. The van der Waals surface area contributed by atoms with Crippen molar-refractivity contribution in [3.63, 3.8) is 0 Å². The summed E-state index contributed by atoms with van der Waals surface area (Å²) >= 11 is 5.81. The monoisotopic (exact) mass is 279 g/mol. The van der Waals surface area contributed by atoms with Crippen molar-refractivity contribution in [3.8, 4) is 11.5 Å². The maximum Gasteiger partial charge on any atom is 0.311 e. The quantitative estimate of drug-likeness (QED) is 0.686. The molecule has 5 nitrogen and oxygen atoms in total. The van der Waals surface area contributed by atoms with Gasteiger partial charge in [-0.25, -0.2) is 0 Å². The number of nitrogens with zero attached hydrogens (tertiary/aromatic N) is 1. The molecule has 0 radical (unpaired) electrons. The van der Waals surface area contributed by atoms with E-state index in [1.54, 1.807) is 30.3 Å². The third-order valence-corrected chi connectivity index (χ3v) is 2.71. The molecule has 19 heavy (non-hydrogen) atoms. The number of benzene rings is 2. The lowest BCUT2D eigenvalue weighted by molar-refractivity contribution is -0.385. The smallest absolute Gasteiger partial charge is 0.311 e. The number of ether oxygens (including phenoxy) is 1. The van der Waals surface area contributed by atoms with Crippen LogP contribution in [0.3, 0.4) is 0 Å². The summed E-state index contributed by atoms with van der Waals surface area (Å²) in [4.78, 5) is 10.4. The largest absolute Gasteiger partial charge is 0.450 e. The van der Waals surface area contributed by atoms with E-state index >= 15 is 0 Å². The van der Waals surface area contributed by atoms with Gasteiger partial charge in [0.2, 0.25) is 5.75 Å². The lowest BCUT2D eigenvalue weighted by Gasteiger charge is -2.10. The van der Waals surface area contributed by atoms with Gasteiger partial charge in [0.25, 0.3) is 0 Å². The Kier molecular flexibility index (Phi) is 3.99. The minimum Gasteiger partial charge on any atom is -0.450 e. The second-order valence-corrected chi connectivity index (χ2v) is 4.17. The summed E-state index contributed by atoms with van der Waals surface area (Å²) in [7, 11) is 0. The molecule has 0 aliphatic rings. The van der Waals surface area contributed by atoms with Crippen LogP contribution in [0.25, 0.3) is 0 Å². The van der Waals surface area contributed by atoms with Crippen molar-refractivity contribution in [3.05, 3.63) is 63.2 Å². The van der Waals surface area contributed by atoms with E-state index in [0.29, 0.717) is 16.3 Å². The standard InChI is InChI=1S/C13H10ClNO4/c14-10-5-6-12(9(7-10)8-16)19-13-4-2-1-3-11(13)15(17)18/h1-7,16H,8H2. The van der Waals surface area contributed by atoms with Gasteiger partial charge in [0.1, 0.15) is 5.75 Å². The summed E-state index contributed by atoms with van der Waals surface area (Å²) in [6, 6.07) is 10.7. The normalized spacial score (nSPS) is 10.2. The molecule has 0 aliphatic heterocycles. The van der Waals surface area contributed by atoms with E-state index in [4.69, 9.17) is 16.3 Å². The zero-order valence-electron chi connectivity index (χ0n) is 9.75. The first kappa shape index (κ1) is 13.3. The fourth-order valence-electron chi connectivity index (χ4n) is 1.58.